The van der Waals surface area contributed by atoms with Crippen molar-refractivity contribution in [3.8, 4) is 0 Å². The van der Waals surface area contributed by atoms with Gasteiger partial charge in [-0.15, -0.1) is 0 Å². The zero-order valence-corrected chi connectivity index (χ0v) is 18.2. The first-order chi connectivity index (χ1) is 14.2. The average Bonchev–Trinajstić information content (AvgIpc) is 2.75. The molecule has 2 aliphatic heterocycles. The van der Waals surface area contributed by atoms with Crippen LogP contribution in [0.5, 0.6) is 0 Å². The van der Waals surface area contributed by atoms with Gasteiger partial charge in [-0.2, -0.15) is 0 Å². The third kappa shape index (κ3) is 4.67. The molecule has 0 radical (unpaired) electrons. The molecule has 29 heavy (non-hydrogen) atoms. The number of dihydropyridines is 1. The van der Waals surface area contributed by atoms with E-state index in [4.69, 9.17) is 22.3 Å². The van der Waals surface area contributed by atoms with E-state index in [1.807, 2.05) is 32.0 Å². The second-order valence-corrected chi connectivity index (χ2v) is 7.48. The predicted molar refractivity (Wildman–Crippen MR) is 122 cm³/mol. The van der Waals surface area contributed by atoms with E-state index in [9.17, 15) is 0 Å². The van der Waals surface area contributed by atoms with Crippen molar-refractivity contribution in [1.82, 2.24) is 10.2 Å². The van der Waals surface area contributed by atoms with Crippen LogP contribution in [-0.4, -0.2) is 31.6 Å². The third-order valence-corrected chi connectivity index (χ3v) is 5.52. The van der Waals surface area contributed by atoms with Crippen LogP contribution in [0, 0.1) is 0 Å². The third-order valence-electron chi connectivity index (χ3n) is 5.28. The Balaban J connectivity index is 0.00000117. The number of benzene rings is 1. The van der Waals surface area contributed by atoms with E-state index in [-0.39, 0.29) is 0 Å². The van der Waals surface area contributed by atoms with Gasteiger partial charge in [0.1, 0.15) is 0 Å². The Hall–Kier alpha value is -2.27. The van der Waals surface area contributed by atoms with Gasteiger partial charge < -0.3 is 10.2 Å². The lowest BCUT2D eigenvalue weighted by Gasteiger charge is -2.31. The van der Waals surface area contributed by atoms with Crippen LogP contribution in [0.1, 0.15) is 32.3 Å². The Morgan fingerprint density at radius 2 is 2.03 bits per heavy atom. The van der Waals surface area contributed by atoms with Crippen LogP contribution in [0.15, 0.2) is 76.6 Å². The van der Waals surface area contributed by atoms with Crippen molar-refractivity contribution in [3.05, 3.63) is 87.1 Å². The largest absolute Gasteiger partial charge is 0.384 e. The molecule has 0 saturated heterocycles. The van der Waals surface area contributed by atoms with E-state index in [1.165, 1.54) is 28.1 Å². The van der Waals surface area contributed by atoms with Crippen molar-refractivity contribution in [2.24, 2.45) is 5.90 Å². The number of hydrogen-bond acceptors (Lipinski definition) is 4. The van der Waals surface area contributed by atoms with Crippen molar-refractivity contribution in [1.29, 1.82) is 0 Å². The Morgan fingerprint density at radius 3 is 2.79 bits per heavy atom. The minimum absolute atomic E-state index is 0.431. The van der Waals surface area contributed by atoms with E-state index in [2.05, 4.69) is 47.6 Å². The highest BCUT2D eigenvalue weighted by atomic mass is 35.5. The first-order valence-electron chi connectivity index (χ1n) is 10.2. The number of nitrogens with one attached hydrogen (secondary N) is 1. The van der Waals surface area contributed by atoms with Gasteiger partial charge in [0.15, 0.2) is 0 Å². The van der Waals surface area contributed by atoms with Gasteiger partial charge in [-0.1, -0.05) is 55.8 Å². The smallest absolute Gasteiger partial charge is 0.0934 e. The Kier molecular flexibility index (Phi) is 7.37. The van der Waals surface area contributed by atoms with Crippen molar-refractivity contribution in [3.63, 3.8) is 0 Å². The van der Waals surface area contributed by atoms with Crippen LogP contribution in [0.2, 0.25) is 5.02 Å². The van der Waals surface area contributed by atoms with Crippen LogP contribution in [0.3, 0.4) is 0 Å². The fraction of sp³-hybridized carbons (Fsp3) is 0.333. The Bertz CT molecular complexity index is 908. The van der Waals surface area contributed by atoms with E-state index in [0.29, 0.717) is 6.61 Å². The number of likely N-dealkylation sites (N-methyl/N-ethyl adjacent to an activating group) is 1. The number of halogens is 1. The molecule has 2 heterocycles. The van der Waals surface area contributed by atoms with E-state index >= 15 is 0 Å². The van der Waals surface area contributed by atoms with E-state index < -0.39 is 0 Å². The molecule has 1 aromatic carbocycles. The maximum absolute atomic E-state index is 6.27. The van der Waals surface area contributed by atoms with Gasteiger partial charge in [0.05, 0.1) is 12.3 Å². The lowest BCUT2D eigenvalue weighted by molar-refractivity contribution is 0.162. The molecule has 0 unspecified atom stereocenters. The molecule has 5 heteroatoms. The molecule has 0 spiro atoms. The maximum atomic E-state index is 6.27. The van der Waals surface area contributed by atoms with Gasteiger partial charge in [-0.05, 0) is 53.3 Å². The number of allylic oxidation sites excluding steroid dienone is 5. The zero-order chi connectivity index (χ0) is 20.8. The van der Waals surface area contributed by atoms with Crippen LogP contribution in [0.4, 0.5) is 0 Å². The second kappa shape index (κ2) is 9.97. The number of rotatable bonds is 4. The fourth-order valence-electron chi connectivity index (χ4n) is 4.02. The molecule has 0 fully saturated rings. The standard InChI is InChI=1S/C22H24ClN3O.C2H6/c1-26-11-3-6-19(22(26)16-4-2-5-18(23)12-16)15-7-8-21-20(13-15)17(14-27-24)9-10-25-21;1-2/h2-6,9,12-13,25H,7-8,10-11,14,24H2,1H3;1-2H3. The topological polar surface area (TPSA) is 50.5 Å². The lowest BCUT2D eigenvalue weighted by Crippen LogP contribution is -2.25. The fourth-order valence-corrected chi connectivity index (χ4v) is 4.21. The molecule has 0 aromatic heterocycles. The highest BCUT2D eigenvalue weighted by Crippen LogP contribution is 2.38. The quantitative estimate of drug-likeness (QED) is 0.686. The summed E-state index contributed by atoms with van der Waals surface area (Å²) in [5.41, 5.74) is 8.61. The van der Waals surface area contributed by atoms with Crippen molar-refractivity contribution >= 4 is 17.3 Å². The Labute approximate surface area is 179 Å². The van der Waals surface area contributed by atoms with Crippen molar-refractivity contribution in [2.45, 2.75) is 26.7 Å². The summed E-state index contributed by atoms with van der Waals surface area (Å²) < 4.78 is 0. The molecule has 4 nitrogen and oxygen atoms in total. The van der Waals surface area contributed by atoms with Gasteiger partial charge in [0.2, 0.25) is 0 Å². The van der Waals surface area contributed by atoms with Gasteiger partial charge >= 0.3 is 0 Å². The number of hydrogen-bond donors (Lipinski definition) is 2. The monoisotopic (exact) mass is 411 g/mol. The molecule has 0 atom stereocenters. The SMILES string of the molecule is CC.CN1CC=CC(C2=CC3=C(CC2)NCC=C3CON)=C1c1cccc(Cl)c1. The van der Waals surface area contributed by atoms with Gasteiger partial charge in [0, 0.05) is 36.4 Å². The van der Waals surface area contributed by atoms with Crippen LogP contribution in [-0.2, 0) is 4.84 Å². The number of nitrogens with two attached hydrogens (primary N) is 1. The highest BCUT2D eigenvalue weighted by molar-refractivity contribution is 6.30. The number of nitrogens with zero attached hydrogens (tertiary/aromatic N) is 1. The first-order valence-corrected chi connectivity index (χ1v) is 10.6. The molecular weight excluding hydrogens is 382 g/mol. The van der Waals surface area contributed by atoms with Crippen LogP contribution >= 0.6 is 11.6 Å². The average molecular weight is 412 g/mol. The Morgan fingerprint density at radius 1 is 1.21 bits per heavy atom. The summed E-state index contributed by atoms with van der Waals surface area (Å²) in [7, 11) is 2.13. The van der Waals surface area contributed by atoms with E-state index in [0.717, 1.165) is 42.1 Å². The van der Waals surface area contributed by atoms with E-state index in [1.54, 1.807) is 0 Å². The van der Waals surface area contributed by atoms with Crippen LogP contribution < -0.4 is 11.2 Å². The summed E-state index contributed by atoms with van der Waals surface area (Å²) in [6.45, 7) is 6.15. The second-order valence-electron chi connectivity index (χ2n) is 7.04. The summed E-state index contributed by atoms with van der Waals surface area (Å²) in [5.74, 6) is 5.34. The van der Waals surface area contributed by atoms with Gasteiger partial charge in [-0.3, -0.25) is 4.84 Å². The minimum atomic E-state index is 0.431. The molecule has 1 aromatic rings. The molecule has 0 amide bonds. The highest BCUT2D eigenvalue weighted by Gasteiger charge is 2.24. The maximum Gasteiger partial charge on any atom is 0.0934 e. The summed E-state index contributed by atoms with van der Waals surface area (Å²) in [5, 5.41) is 4.25. The summed E-state index contributed by atoms with van der Waals surface area (Å²) in [6, 6.07) is 8.09. The van der Waals surface area contributed by atoms with Gasteiger partial charge in [-0.25, -0.2) is 5.90 Å². The molecule has 3 aliphatic rings. The lowest BCUT2D eigenvalue weighted by atomic mass is 9.84. The van der Waals surface area contributed by atoms with Crippen molar-refractivity contribution in [2.75, 3.05) is 26.7 Å². The van der Waals surface area contributed by atoms with Crippen LogP contribution in [0.25, 0.3) is 5.70 Å². The zero-order valence-electron chi connectivity index (χ0n) is 17.5. The molecule has 3 N–H and O–H groups in total. The molecule has 0 saturated carbocycles. The molecule has 1 aliphatic carbocycles. The molecule has 0 bridgehead atoms. The summed E-state index contributed by atoms with van der Waals surface area (Å²) >= 11 is 6.27. The van der Waals surface area contributed by atoms with Crippen molar-refractivity contribution < 1.29 is 4.84 Å². The molecule has 154 valence electrons. The summed E-state index contributed by atoms with van der Waals surface area (Å²) in [6.07, 6.45) is 10.9. The molecular formula is C24H30ClN3O. The minimum Gasteiger partial charge on any atom is -0.384 e. The molecule has 4 rings (SSSR count). The predicted octanol–water partition coefficient (Wildman–Crippen LogP) is 4.97. The van der Waals surface area contributed by atoms with Gasteiger partial charge in [0.25, 0.3) is 0 Å². The summed E-state index contributed by atoms with van der Waals surface area (Å²) in [4.78, 5) is 7.21. The normalized spacial score (nSPS) is 18.4. The first kappa shape index (κ1) is 21.4.